The van der Waals surface area contributed by atoms with E-state index in [0.29, 0.717) is 19.3 Å². The Morgan fingerprint density at radius 3 is 2.05 bits per heavy atom. The molecule has 0 atom stereocenters. The SMILES string of the molecule is CCCCn1nc2c(C)nc3ccccc3c2c1Cc1ccc(CCC(=O)CCc2ccc(CC(C)=O)cc2)cc1. The first-order valence-electron chi connectivity index (χ1n) is 14.8. The van der Waals surface area contributed by atoms with Crippen LogP contribution in [-0.2, 0) is 41.8 Å². The highest BCUT2D eigenvalue weighted by Crippen LogP contribution is 2.30. The second-order valence-electron chi connectivity index (χ2n) is 11.2. The number of hydrogen-bond donors (Lipinski definition) is 0. The first-order chi connectivity index (χ1) is 19.9. The van der Waals surface area contributed by atoms with Crippen molar-refractivity contribution in [3.05, 3.63) is 106 Å². The maximum Gasteiger partial charge on any atom is 0.134 e. The van der Waals surface area contributed by atoms with Crippen LogP contribution in [0, 0.1) is 6.92 Å². The minimum atomic E-state index is 0.161. The maximum atomic E-state index is 12.6. The van der Waals surface area contributed by atoms with Crippen molar-refractivity contribution in [3.8, 4) is 0 Å². The predicted molar refractivity (Wildman–Crippen MR) is 166 cm³/mol. The van der Waals surface area contributed by atoms with Crippen LogP contribution >= 0.6 is 0 Å². The lowest BCUT2D eigenvalue weighted by molar-refractivity contribution is -0.119. The number of hydrogen-bond acceptors (Lipinski definition) is 4. The number of pyridine rings is 1. The molecule has 0 unspecified atom stereocenters. The van der Waals surface area contributed by atoms with Crippen LogP contribution in [0.25, 0.3) is 21.8 Å². The summed E-state index contributed by atoms with van der Waals surface area (Å²) in [5.74, 6) is 0.443. The molecule has 2 aromatic heterocycles. The Bertz CT molecular complexity index is 1660. The fourth-order valence-corrected chi connectivity index (χ4v) is 5.54. The van der Waals surface area contributed by atoms with E-state index in [1.807, 2.05) is 30.3 Å². The van der Waals surface area contributed by atoms with Gasteiger partial charge in [-0.15, -0.1) is 0 Å². The molecule has 0 N–H and O–H groups in total. The van der Waals surface area contributed by atoms with E-state index in [2.05, 4.69) is 61.0 Å². The van der Waals surface area contributed by atoms with Crippen molar-refractivity contribution < 1.29 is 9.59 Å². The topological polar surface area (TPSA) is 64.8 Å². The molecule has 5 nitrogen and oxygen atoms in total. The summed E-state index contributed by atoms with van der Waals surface area (Å²) in [6.45, 7) is 6.77. The molecule has 210 valence electrons. The molecule has 0 saturated carbocycles. The normalized spacial score (nSPS) is 11.4. The Labute approximate surface area is 242 Å². The smallest absolute Gasteiger partial charge is 0.134 e. The molecule has 41 heavy (non-hydrogen) atoms. The van der Waals surface area contributed by atoms with Gasteiger partial charge < -0.3 is 0 Å². The number of carbonyl (C=O) groups is 2. The summed E-state index contributed by atoms with van der Waals surface area (Å²) in [6.07, 6.45) is 6.06. The van der Waals surface area contributed by atoms with Gasteiger partial charge in [-0.1, -0.05) is 80.1 Å². The van der Waals surface area contributed by atoms with E-state index in [-0.39, 0.29) is 11.6 Å². The first kappa shape index (κ1) is 28.4. The average molecular weight is 546 g/mol. The summed E-state index contributed by atoms with van der Waals surface area (Å²) < 4.78 is 2.19. The minimum absolute atomic E-state index is 0.161. The third-order valence-corrected chi connectivity index (χ3v) is 7.84. The molecule has 0 saturated heterocycles. The second-order valence-corrected chi connectivity index (χ2v) is 11.2. The highest BCUT2D eigenvalue weighted by atomic mass is 16.1. The molecular weight excluding hydrogens is 506 g/mol. The maximum absolute atomic E-state index is 12.6. The van der Waals surface area contributed by atoms with E-state index in [0.717, 1.165) is 71.9 Å². The van der Waals surface area contributed by atoms with Crippen LogP contribution in [0.15, 0.2) is 72.8 Å². The Morgan fingerprint density at radius 1 is 0.805 bits per heavy atom. The van der Waals surface area contributed by atoms with E-state index < -0.39 is 0 Å². The van der Waals surface area contributed by atoms with Crippen LogP contribution in [0.5, 0.6) is 0 Å². The number of aryl methyl sites for hydroxylation is 4. The molecule has 2 heterocycles. The number of fused-ring (bicyclic) bond motifs is 3. The monoisotopic (exact) mass is 545 g/mol. The van der Waals surface area contributed by atoms with E-state index in [9.17, 15) is 9.59 Å². The predicted octanol–water partition coefficient (Wildman–Crippen LogP) is 7.55. The van der Waals surface area contributed by atoms with Gasteiger partial charge in [0, 0.05) is 43.0 Å². The summed E-state index contributed by atoms with van der Waals surface area (Å²) in [4.78, 5) is 28.7. The number of ketones is 2. The van der Waals surface area contributed by atoms with E-state index >= 15 is 0 Å². The molecular formula is C36H39N3O2. The molecule has 3 aromatic carbocycles. The number of unbranched alkanes of at least 4 members (excludes halogenated alkanes) is 1. The van der Waals surface area contributed by atoms with Crippen LogP contribution in [0.2, 0.25) is 0 Å². The Balaban J connectivity index is 1.24. The van der Waals surface area contributed by atoms with Gasteiger partial charge in [-0.05, 0) is 61.4 Å². The van der Waals surface area contributed by atoms with Crippen molar-refractivity contribution in [3.63, 3.8) is 0 Å². The van der Waals surface area contributed by atoms with Gasteiger partial charge in [-0.25, -0.2) is 0 Å². The molecule has 0 aliphatic rings. The number of benzene rings is 3. The zero-order chi connectivity index (χ0) is 28.8. The van der Waals surface area contributed by atoms with Crippen molar-refractivity contribution >= 4 is 33.4 Å². The highest BCUT2D eigenvalue weighted by molar-refractivity contribution is 6.06. The number of carbonyl (C=O) groups excluding carboxylic acids is 2. The quantitative estimate of drug-likeness (QED) is 0.153. The number of Topliss-reactive ketones (excluding diaryl/α,β-unsaturated/α-hetero) is 2. The fourth-order valence-electron chi connectivity index (χ4n) is 5.54. The summed E-state index contributed by atoms with van der Waals surface area (Å²) in [7, 11) is 0. The highest BCUT2D eigenvalue weighted by Gasteiger charge is 2.17. The van der Waals surface area contributed by atoms with Gasteiger partial charge >= 0.3 is 0 Å². The summed E-state index contributed by atoms with van der Waals surface area (Å²) >= 11 is 0. The standard InChI is InChI=1S/C36H39N3O2/c1-4-5-22-39-34(35-32-8-6-7-9-33(32)37-26(3)36(35)38-39)24-30-16-12-28(13-17-30)19-21-31(41)20-18-27-10-14-29(15-11-27)23-25(2)40/h6-17H,4-5,18-24H2,1-3H3. The molecule has 5 aromatic rings. The molecule has 0 spiro atoms. The Kier molecular flexibility index (Phi) is 9.03. The fraction of sp³-hybridized carbons (Fsp3) is 0.333. The van der Waals surface area contributed by atoms with Crippen LogP contribution < -0.4 is 0 Å². The van der Waals surface area contributed by atoms with E-state index in [1.54, 1.807) is 6.92 Å². The van der Waals surface area contributed by atoms with E-state index in [4.69, 9.17) is 10.1 Å². The molecule has 0 bridgehead atoms. The largest absolute Gasteiger partial charge is 0.300 e. The van der Waals surface area contributed by atoms with Crippen LogP contribution in [0.4, 0.5) is 0 Å². The van der Waals surface area contributed by atoms with Crippen molar-refractivity contribution in [1.82, 2.24) is 14.8 Å². The van der Waals surface area contributed by atoms with Gasteiger partial charge in [0.15, 0.2) is 0 Å². The lowest BCUT2D eigenvalue weighted by Gasteiger charge is -2.10. The molecule has 0 fully saturated rings. The van der Waals surface area contributed by atoms with Crippen LogP contribution in [-0.4, -0.2) is 26.3 Å². The van der Waals surface area contributed by atoms with Crippen LogP contribution in [0.3, 0.4) is 0 Å². The van der Waals surface area contributed by atoms with Gasteiger partial charge in [0.1, 0.15) is 17.1 Å². The van der Waals surface area contributed by atoms with Gasteiger partial charge in [-0.2, -0.15) is 5.10 Å². The van der Waals surface area contributed by atoms with Crippen molar-refractivity contribution in [2.24, 2.45) is 0 Å². The van der Waals surface area contributed by atoms with Crippen molar-refractivity contribution in [1.29, 1.82) is 0 Å². The van der Waals surface area contributed by atoms with Gasteiger partial charge in [0.2, 0.25) is 0 Å². The lowest BCUT2D eigenvalue weighted by atomic mass is 9.99. The Hall–Kier alpha value is -4.12. The number of aromatic nitrogens is 3. The lowest BCUT2D eigenvalue weighted by Crippen LogP contribution is -2.06. The van der Waals surface area contributed by atoms with Crippen molar-refractivity contribution in [2.45, 2.75) is 78.7 Å². The molecule has 0 aliphatic carbocycles. The minimum Gasteiger partial charge on any atom is -0.300 e. The molecule has 0 amide bonds. The van der Waals surface area contributed by atoms with Gasteiger partial charge in [0.25, 0.3) is 0 Å². The summed E-state index contributed by atoms with van der Waals surface area (Å²) in [6, 6.07) is 25.1. The number of rotatable bonds is 13. The summed E-state index contributed by atoms with van der Waals surface area (Å²) in [5.41, 5.74) is 8.81. The molecule has 5 heteroatoms. The third kappa shape index (κ3) is 6.97. The first-order valence-corrected chi connectivity index (χ1v) is 14.8. The zero-order valence-corrected chi connectivity index (χ0v) is 24.5. The number of para-hydroxylation sites is 1. The molecule has 0 radical (unpaired) electrons. The van der Waals surface area contributed by atoms with Gasteiger partial charge in [-0.3, -0.25) is 19.3 Å². The third-order valence-electron chi connectivity index (χ3n) is 7.84. The van der Waals surface area contributed by atoms with Gasteiger partial charge in [0.05, 0.1) is 16.9 Å². The average Bonchev–Trinajstić information content (AvgIpc) is 3.34. The molecule has 0 aliphatic heterocycles. The van der Waals surface area contributed by atoms with E-state index in [1.165, 1.54) is 22.2 Å². The van der Waals surface area contributed by atoms with Crippen molar-refractivity contribution in [2.75, 3.05) is 0 Å². The zero-order valence-electron chi connectivity index (χ0n) is 24.5. The summed E-state index contributed by atoms with van der Waals surface area (Å²) in [5, 5.41) is 7.40. The Morgan fingerprint density at radius 2 is 1.41 bits per heavy atom. The van der Waals surface area contributed by atoms with Crippen LogP contribution in [0.1, 0.15) is 73.2 Å². The number of nitrogens with zero attached hydrogens (tertiary/aromatic N) is 3. The second kappa shape index (κ2) is 13.0. The molecule has 5 rings (SSSR count).